The van der Waals surface area contributed by atoms with Gasteiger partial charge < -0.3 is 15.4 Å². The van der Waals surface area contributed by atoms with Gasteiger partial charge in [0.15, 0.2) is 5.96 Å². The van der Waals surface area contributed by atoms with E-state index >= 15 is 0 Å². The van der Waals surface area contributed by atoms with Crippen LogP contribution in [-0.2, 0) is 4.74 Å². The Morgan fingerprint density at radius 3 is 2.87 bits per heavy atom. The lowest BCUT2D eigenvalue weighted by atomic mass is 9.77. The number of hydrogen-bond acceptors (Lipinski definition) is 4. The molecule has 0 spiro atoms. The van der Waals surface area contributed by atoms with Crippen LogP contribution in [0.15, 0.2) is 4.99 Å². The molecular weight excluding hydrogens is 190 g/mol. The van der Waals surface area contributed by atoms with Crippen LogP contribution in [0.25, 0.3) is 0 Å². The second-order valence-electron chi connectivity index (χ2n) is 4.65. The highest BCUT2D eigenvalue weighted by Crippen LogP contribution is 2.37. The van der Waals surface area contributed by atoms with Crippen molar-refractivity contribution in [3.63, 3.8) is 0 Å². The molecule has 2 aliphatic rings. The number of nitrogens with zero attached hydrogens (tertiary/aromatic N) is 1. The molecule has 0 bridgehead atoms. The molecule has 1 saturated carbocycles. The highest BCUT2D eigenvalue weighted by Gasteiger charge is 2.36. The summed E-state index contributed by atoms with van der Waals surface area (Å²) < 4.78 is 5.56. The lowest BCUT2D eigenvalue weighted by Gasteiger charge is -2.40. The van der Waals surface area contributed by atoms with E-state index in [-0.39, 0.29) is 5.60 Å². The molecule has 1 fully saturated rings. The predicted molar refractivity (Wildman–Crippen MR) is 61.1 cm³/mol. The van der Waals surface area contributed by atoms with Crippen LogP contribution in [0.1, 0.15) is 32.6 Å². The van der Waals surface area contributed by atoms with Crippen LogP contribution in [0.2, 0.25) is 0 Å². The Labute approximate surface area is 91.5 Å². The number of hydrogen-bond donors (Lipinski definition) is 2. The van der Waals surface area contributed by atoms with Crippen molar-refractivity contribution in [2.24, 2.45) is 4.99 Å². The molecule has 1 unspecified atom stereocenters. The average Bonchev–Trinajstić information content (AvgIpc) is 2.56. The largest absolute Gasteiger partial charge is 0.378 e. The van der Waals surface area contributed by atoms with Gasteiger partial charge in [-0.15, -0.1) is 0 Å². The van der Waals surface area contributed by atoms with Gasteiger partial charge in [-0.05, 0) is 32.6 Å². The summed E-state index contributed by atoms with van der Waals surface area (Å²) in [6, 6.07) is 0.479. The average molecular weight is 211 g/mol. The summed E-state index contributed by atoms with van der Waals surface area (Å²) in [6.45, 7) is 3.98. The molecule has 1 atom stereocenters. The van der Waals surface area contributed by atoms with Gasteiger partial charge in [0.2, 0.25) is 0 Å². The van der Waals surface area contributed by atoms with Crippen molar-refractivity contribution in [3.8, 4) is 0 Å². The van der Waals surface area contributed by atoms with Crippen LogP contribution in [0.5, 0.6) is 0 Å². The Balaban J connectivity index is 1.66. The summed E-state index contributed by atoms with van der Waals surface area (Å²) in [4.78, 5) is 4.36. The minimum atomic E-state index is 0.164. The van der Waals surface area contributed by atoms with Gasteiger partial charge in [-0.25, -0.2) is 0 Å². The minimum absolute atomic E-state index is 0.164. The number of methoxy groups -OCH3 is 1. The van der Waals surface area contributed by atoms with Gasteiger partial charge in [-0.2, -0.15) is 0 Å². The molecule has 86 valence electrons. The third-order valence-electron chi connectivity index (χ3n) is 3.48. The molecular formula is C11H21N3O. The van der Waals surface area contributed by atoms with E-state index in [0.717, 1.165) is 25.5 Å². The van der Waals surface area contributed by atoms with Crippen molar-refractivity contribution in [1.82, 2.24) is 10.6 Å². The number of nitrogens with one attached hydrogen (secondary N) is 2. The van der Waals surface area contributed by atoms with Crippen LogP contribution in [-0.4, -0.2) is 37.8 Å². The Kier molecular flexibility index (Phi) is 3.14. The van der Waals surface area contributed by atoms with E-state index in [4.69, 9.17) is 4.74 Å². The second kappa shape index (κ2) is 4.39. The van der Waals surface area contributed by atoms with Crippen LogP contribution >= 0.6 is 0 Å². The van der Waals surface area contributed by atoms with Crippen molar-refractivity contribution < 1.29 is 4.74 Å². The molecule has 0 aromatic heterocycles. The first-order chi connectivity index (χ1) is 7.24. The smallest absolute Gasteiger partial charge is 0.191 e. The second-order valence-corrected chi connectivity index (χ2v) is 4.65. The lowest BCUT2D eigenvalue weighted by Crippen LogP contribution is -2.44. The van der Waals surface area contributed by atoms with Gasteiger partial charge in [-0.3, -0.25) is 4.99 Å². The predicted octanol–water partition coefficient (Wildman–Crippen LogP) is 0.883. The van der Waals surface area contributed by atoms with E-state index in [2.05, 4.69) is 22.5 Å². The minimum Gasteiger partial charge on any atom is -0.378 e. The molecule has 0 radical (unpaired) electrons. The maximum absolute atomic E-state index is 5.56. The standard InChI is InChI=1S/C11H21N3O/c1-9-8-13-10(14-9)12-7-6-11(15-2)4-3-5-11/h9H,3-8H2,1-2H3,(H2,12,13,14). The summed E-state index contributed by atoms with van der Waals surface area (Å²) in [5, 5.41) is 6.62. The molecule has 0 amide bonds. The van der Waals surface area contributed by atoms with E-state index < -0.39 is 0 Å². The number of guanidine groups is 1. The van der Waals surface area contributed by atoms with Crippen molar-refractivity contribution in [3.05, 3.63) is 0 Å². The quantitative estimate of drug-likeness (QED) is 0.725. The maximum atomic E-state index is 5.56. The van der Waals surface area contributed by atoms with Crippen LogP contribution in [0.4, 0.5) is 0 Å². The SMILES string of the molecule is COC1(CCNC2=NCC(C)N2)CCC1. The highest BCUT2D eigenvalue weighted by atomic mass is 16.5. The molecule has 2 N–H and O–H groups in total. The Bertz CT molecular complexity index is 243. The lowest BCUT2D eigenvalue weighted by molar-refractivity contribution is -0.0761. The number of rotatable bonds is 4. The fraction of sp³-hybridized carbons (Fsp3) is 0.909. The van der Waals surface area contributed by atoms with E-state index in [9.17, 15) is 0 Å². The van der Waals surface area contributed by atoms with E-state index in [1.54, 1.807) is 0 Å². The molecule has 15 heavy (non-hydrogen) atoms. The third-order valence-corrected chi connectivity index (χ3v) is 3.48. The van der Waals surface area contributed by atoms with E-state index in [0.29, 0.717) is 6.04 Å². The zero-order valence-electron chi connectivity index (χ0n) is 9.68. The van der Waals surface area contributed by atoms with Gasteiger partial charge >= 0.3 is 0 Å². The summed E-state index contributed by atoms with van der Waals surface area (Å²) in [5.74, 6) is 0.952. The fourth-order valence-corrected chi connectivity index (χ4v) is 2.20. The molecule has 0 saturated heterocycles. The van der Waals surface area contributed by atoms with Crippen LogP contribution < -0.4 is 10.6 Å². The molecule has 4 heteroatoms. The summed E-state index contributed by atoms with van der Waals surface area (Å²) in [5.41, 5.74) is 0.164. The molecule has 4 nitrogen and oxygen atoms in total. The zero-order chi connectivity index (χ0) is 10.7. The Morgan fingerprint density at radius 1 is 1.60 bits per heavy atom. The molecule has 0 aromatic carbocycles. The van der Waals surface area contributed by atoms with Crippen LogP contribution in [0.3, 0.4) is 0 Å². The van der Waals surface area contributed by atoms with Crippen molar-refractivity contribution in [1.29, 1.82) is 0 Å². The fourth-order valence-electron chi connectivity index (χ4n) is 2.20. The van der Waals surface area contributed by atoms with Gasteiger partial charge in [0.05, 0.1) is 12.1 Å². The van der Waals surface area contributed by atoms with Gasteiger partial charge in [0, 0.05) is 19.7 Å². The first-order valence-corrected chi connectivity index (χ1v) is 5.84. The normalized spacial score (nSPS) is 27.9. The van der Waals surface area contributed by atoms with Crippen molar-refractivity contribution in [2.75, 3.05) is 20.2 Å². The first-order valence-electron chi connectivity index (χ1n) is 5.84. The Hall–Kier alpha value is -0.770. The summed E-state index contributed by atoms with van der Waals surface area (Å²) in [6.07, 6.45) is 4.81. The molecule has 1 aliphatic heterocycles. The summed E-state index contributed by atoms with van der Waals surface area (Å²) in [7, 11) is 1.83. The van der Waals surface area contributed by atoms with Gasteiger partial charge in [0.1, 0.15) is 0 Å². The molecule has 2 rings (SSSR count). The number of aliphatic imine (C=N–C) groups is 1. The molecule has 1 heterocycles. The van der Waals surface area contributed by atoms with E-state index in [1.165, 1.54) is 19.3 Å². The van der Waals surface area contributed by atoms with Gasteiger partial charge in [-0.1, -0.05) is 0 Å². The molecule has 0 aromatic rings. The Morgan fingerprint density at radius 2 is 2.40 bits per heavy atom. The van der Waals surface area contributed by atoms with Gasteiger partial charge in [0.25, 0.3) is 0 Å². The third kappa shape index (κ3) is 2.43. The highest BCUT2D eigenvalue weighted by molar-refractivity contribution is 5.81. The van der Waals surface area contributed by atoms with E-state index in [1.807, 2.05) is 7.11 Å². The van der Waals surface area contributed by atoms with Crippen LogP contribution in [0, 0.1) is 0 Å². The topological polar surface area (TPSA) is 45.6 Å². The maximum Gasteiger partial charge on any atom is 0.191 e. The zero-order valence-corrected chi connectivity index (χ0v) is 9.68. The molecule has 1 aliphatic carbocycles. The monoisotopic (exact) mass is 211 g/mol. The summed E-state index contributed by atoms with van der Waals surface area (Å²) >= 11 is 0. The first kappa shape index (κ1) is 10.7. The van der Waals surface area contributed by atoms with Crippen molar-refractivity contribution >= 4 is 5.96 Å². The number of ether oxygens (including phenoxy) is 1. The van der Waals surface area contributed by atoms with Crippen molar-refractivity contribution in [2.45, 2.75) is 44.2 Å².